The van der Waals surface area contributed by atoms with Crippen LogP contribution in [0, 0.1) is 0 Å². The van der Waals surface area contributed by atoms with Gasteiger partial charge in [-0.05, 0) is 44.9 Å². The first-order valence-electron chi connectivity index (χ1n) is 9.08. The summed E-state index contributed by atoms with van der Waals surface area (Å²) >= 11 is 0. The number of carbonyl (C=O) groups is 3. The monoisotopic (exact) mass is 396 g/mol. The van der Waals surface area contributed by atoms with Gasteiger partial charge in [-0.15, -0.1) is 0 Å². The number of rotatable bonds is 11. The van der Waals surface area contributed by atoms with E-state index in [4.69, 9.17) is 14.2 Å². The molecule has 1 atom stereocenters. The second kappa shape index (κ2) is 12.9. The molecule has 0 saturated heterocycles. The van der Waals surface area contributed by atoms with Crippen LogP contribution in [-0.2, 0) is 28.6 Å². The maximum atomic E-state index is 11.5. The molecule has 0 spiro atoms. The van der Waals surface area contributed by atoms with Gasteiger partial charge in [-0.2, -0.15) is 0 Å². The van der Waals surface area contributed by atoms with Crippen molar-refractivity contribution in [2.75, 3.05) is 13.2 Å². The normalized spacial score (nSPS) is 14.0. The molecule has 0 heterocycles. The molecule has 7 nitrogen and oxygen atoms in total. The number of aliphatic hydroxyl groups is 1. The third-order valence-electron chi connectivity index (χ3n) is 3.35. The molecule has 0 amide bonds. The summed E-state index contributed by atoms with van der Waals surface area (Å²) in [5.41, 5.74) is 0.648. The maximum Gasteiger partial charge on any atom is 0.303 e. The standard InChI is InChI=1S/C21H32O7/c1-15(9-11-26-16(2)22)12-20(28-18(4)24)13-19(14-27-17(3)23)8-7-10-21(5,6)25/h7,9-10,13,20,25H,8,11-12,14H2,1-6H3. The minimum atomic E-state index is -0.960. The second-order valence-electron chi connectivity index (χ2n) is 7.07. The van der Waals surface area contributed by atoms with Crippen LogP contribution < -0.4 is 0 Å². The predicted molar refractivity (Wildman–Crippen MR) is 105 cm³/mol. The number of esters is 3. The summed E-state index contributed by atoms with van der Waals surface area (Å²) in [5.74, 6) is -1.23. The summed E-state index contributed by atoms with van der Waals surface area (Å²) < 4.78 is 15.3. The lowest BCUT2D eigenvalue weighted by Gasteiger charge is -2.17. The molecular formula is C21H32O7. The van der Waals surface area contributed by atoms with E-state index in [-0.39, 0.29) is 19.2 Å². The van der Waals surface area contributed by atoms with E-state index in [0.717, 1.165) is 11.1 Å². The Morgan fingerprint density at radius 3 is 2.11 bits per heavy atom. The number of allylic oxidation sites excluding steroid dienone is 1. The second-order valence-corrected chi connectivity index (χ2v) is 7.07. The lowest BCUT2D eigenvalue weighted by Crippen LogP contribution is -2.17. The number of hydrogen-bond acceptors (Lipinski definition) is 7. The summed E-state index contributed by atoms with van der Waals surface area (Å²) in [5, 5.41) is 9.79. The molecule has 0 aliphatic heterocycles. The number of carbonyl (C=O) groups excluding carboxylic acids is 3. The molecule has 0 aromatic carbocycles. The lowest BCUT2D eigenvalue weighted by molar-refractivity contribution is -0.144. The van der Waals surface area contributed by atoms with Crippen LogP contribution >= 0.6 is 0 Å². The molecule has 0 saturated carbocycles. The van der Waals surface area contributed by atoms with Crippen LogP contribution in [-0.4, -0.2) is 47.9 Å². The molecule has 0 aliphatic carbocycles. The van der Waals surface area contributed by atoms with Gasteiger partial charge >= 0.3 is 17.9 Å². The van der Waals surface area contributed by atoms with Gasteiger partial charge in [0.25, 0.3) is 0 Å². The van der Waals surface area contributed by atoms with Gasteiger partial charge < -0.3 is 19.3 Å². The summed E-state index contributed by atoms with van der Waals surface area (Å²) in [4.78, 5) is 33.5. The molecule has 0 bridgehead atoms. The van der Waals surface area contributed by atoms with Crippen LogP contribution in [0.3, 0.4) is 0 Å². The van der Waals surface area contributed by atoms with Gasteiger partial charge in [0.2, 0.25) is 0 Å². The van der Waals surface area contributed by atoms with E-state index < -0.39 is 23.6 Å². The molecule has 0 fully saturated rings. The van der Waals surface area contributed by atoms with Crippen LogP contribution in [0.25, 0.3) is 0 Å². The van der Waals surface area contributed by atoms with Gasteiger partial charge in [0.1, 0.15) is 19.3 Å². The van der Waals surface area contributed by atoms with E-state index in [9.17, 15) is 19.5 Å². The zero-order valence-electron chi connectivity index (χ0n) is 17.6. The van der Waals surface area contributed by atoms with E-state index in [2.05, 4.69) is 0 Å². The largest absolute Gasteiger partial charge is 0.462 e. The van der Waals surface area contributed by atoms with Gasteiger partial charge in [0.15, 0.2) is 0 Å². The van der Waals surface area contributed by atoms with Gasteiger partial charge in [-0.1, -0.05) is 17.7 Å². The highest BCUT2D eigenvalue weighted by Crippen LogP contribution is 2.16. The predicted octanol–water partition coefficient (Wildman–Crippen LogP) is 3.02. The van der Waals surface area contributed by atoms with Crippen molar-refractivity contribution in [3.63, 3.8) is 0 Å². The first-order chi connectivity index (χ1) is 12.9. The third kappa shape index (κ3) is 15.8. The number of ether oxygens (including phenoxy) is 3. The highest BCUT2D eigenvalue weighted by molar-refractivity contribution is 5.67. The molecule has 0 rings (SSSR count). The smallest absolute Gasteiger partial charge is 0.303 e. The van der Waals surface area contributed by atoms with E-state index in [1.54, 1.807) is 38.2 Å². The van der Waals surface area contributed by atoms with Crippen molar-refractivity contribution >= 4 is 17.9 Å². The van der Waals surface area contributed by atoms with Crippen molar-refractivity contribution in [2.24, 2.45) is 0 Å². The van der Waals surface area contributed by atoms with Crippen molar-refractivity contribution in [1.82, 2.24) is 0 Å². The summed E-state index contributed by atoms with van der Waals surface area (Å²) in [7, 11) is 0. The third-order valence-corrected chi connectivity index (χ3v) is 3.35. The fourth-order valence-corrected chi connectivity index (χ4v) is 2.18. The summed E-state index contributed by atoms with van der Waals surface area (Å²) in [6, 6.07) is 0. The summed E-state index contributed by atoms with van der Waals surface area (Å²) in [6.07, 6.45) is 7.15. The van der Waals surface area contributed by atoms with Crippen LogP contribution in [0.1, 0.15) is 54.4 Å². The molecule has 28 heavy (non-hydrogen) atoms. The Morgan fingerprint density at radius 1 is 1.00 bits per heavy atom. The Balaban J connectivity index is 5.34. The van der Waals surface area contributed by atoms with Crippen molar-refractivity contribution in [3.8, 4) is 0 Å². The minimum absolute atomic E-state index is 0.0551. The SMILES string of the molecule is CC(=O)OCC=C(C)CC(C=C(CC=CC(C)(C)O)COC(C)=O)OC(C)=O. The molecule has 7 heteroatoms. The van der Waals surface area contributed by atoms with Gasteiger partial charge in [0.05, 0.1) is 5.60 Å². The highest BCUT2D eigenvalue weighted by atomic mass is 16.5. The molecule has 0 radical (unpaired) electrons. The first kappa shape index (κ1) is 25.6. The Hall–Kier alpha value is -2.41. The topological polar surface area (TPSA) is 99.1 Å². The summed E-state index contributed by atoms with van der Waals surface area (Å²) in [6.45, 7) is 9.31. The average molecular weight is 396 g/mol. The van der Waals surface area contributed by atoms with Crippen molar-refractivity contribution in [2.45, 2.75) is 66.1 Å². The van der Waals surface area contributed by atoms with Gasteiger partial charge in [-0.25, -0.2) is 0 Å². The Kier molecular flexibility index (Phi) is 11.8. The molecule has 1 N–H and O–H groups in total. The minimum Gasteiger partial charge on any atom is -0.462 e. The van der Waals surface area contributed by atoms with E-state index >= 15 is 0 Å². The fourth-order valence-electron chi connectivity index (χ4n) is 2.18. The molecule has 0 aromatic rings. The Bertz CT molecular complexity index is 621. The van der Waals surface area contributed by atoms with E-state index in [1.807, 2.05) is 6.92 Å². The molecule has 0 aliphatic rings. The first-order valence-corrected chi connectivity index (χ1v) is 9.08. The zero-order chi connectivity index (χ0) is 21.7. The Morgan fingerprint density at radius 2 is 1.61 bits per heavy atom. The van der Waals surface area contributed by atoms with Crippen LogP contribution in [0.4, 0.5) is 0 Å². The maximum absolute atomic E-state index is 11.5. The lowest BCUT2D eigenvalue weighted by atomic mass is 10.0. The van der Waals surface area contributed by atoms with Crippen molar-refractivity contribution < 1.29 is 33.7 Å². The van der Waals surface area contributed by atoms with E-state index in [1.165, 1.54) is 20.8 Å². The number of hydrogen-bond donors (Lipinski definition) is 1. The van der Waals surface area contributed by atoms with Crippen molar-refractivity contribution in [3.05, 3.63) is 35.5 Å². The highest BCUT2D eigenvalue weighted by Gasteiger charge is 2.13. The quantitative estimate of drug-likeness (QED) is 0.325. The van der Waals surface area contributed by atoms with Gasteiger partial charge in [-0.3, -0.25) is 14.4 Å². The fraction of sp³-hybridized carbons (Fsp3) is 0.571. The van der Waals surface area contributed by atoms with Crippen LogP contribution in [0.5, 0.6) is 0 Å². The molecule has 0 aromatic heterocycles. The molecular weight excluding hydrogens is 364 g/mol. The van der Waals surface area contributed by atoms with Crippen LogP contribution in [0.2, 0.25) is 0 Å². The van der Waals surface area contributed by atoms with Crippen LogP contribution in [0.15, 0.2) is 35.5 Å². The average Bonchev–Trinajstić information content (AvgIpc) is 2.49. The molecule has 1 unspecified atom stereocenters. The van der Waals surface area contributed by atoms with E-state index in [0.29, 0.717) is 12.8 Å². The van der Waals surface area contributed by atoms with Gasteiger partial charge in [0, 0.05) is 27.2 Å². The zero-order valence-corrected chi connectivity index (χ0v) is 17.6. The van der Waals surface area contributed by atoms with Crippen molar-refractivity contribution in [1.29, 1.82) is 0 Å². The Labute approximate surface area is 167 Å². The molecule has 158 valence electrons.